The van der Waals surface area contributed by atoms with E-state index in [9.17, 15) is 14.4 Å². The van der Waals surface area contributed by atoms with E-state index in [2.05, 4.69) is 125 Å². The molecule has 0 saturated heterocycles. The van der Waals surface area contributed by atoms with Gasteiger partial charge in [0.15, 0.2) is 5.78 Å². The molecule has 8 heterocycles. The smallest absolute Gasteiger partial charge is 0.408 e. The Balaban J connectivity index is 0.000000154. The molecule has 2 aromatic carbocycles. The van der Waals surface area contributed by atoms with Gasteiger partial charge in [0.1, 0.15) is 29.6 Å². The van der Waals surface area contributed by atoms with Crippen molar-refractivity contribution >= 4 is 39.9 Å². The fraction of sp³-hybridized carbons (Fsp3) is 0.371. The number of Topliss-reactive ketones (excluding diaryl/α,β-unsaturated/α-hetero) is 1. The van der Waals surface area contributed by atoms with Crippen LogP contribution in [-0.2, 0) is 42.8 Å². The van der Waals surface area contributed by atoms with Crippen LogP contribution < -0.4 is 5.32 Å². The predicted molar refractivity (Wildman–Crippen MR) is 314 cm³/mol. The Hall–Kier alpha value is -9.07. The van der Waals surface area contributed by atoms with Crippen LogP contribution >= 0.6 is 0 Å². The Morgan fingerprint density at radius 1 is 0.610 bits per heavy atom. The molecule has 0 saturated carbocycles. The molecule has 0 aliphatic heterocycles. The van der Waals surface area contributed by atoms with E-state index >= 15 is 0 Å². The molecule has 0 spiro atoms. The Labute approximate surface area is 475 Å². The SMILES string of the molecule is CC(C)(C)n1cc(C(=O)O)cn1.Cn1cc(-c2cc3c(-c4ccc5c(c4)CCCC5CC(=O)c4cnn(C(C)(C)C)c4)ncnc3[nH]2)cn1.Cn1cc(-c2cc3c(-c4ccc5c(c4)CCCC5NC(=O)OC(C)(C)C)ncnc3[nH]2)cn1. The highest BCUT2D eigenvalue weighted by atomic mass is 16.6. The van der Waals surface area contributed by atoms with Crippen LogP contribution in [0, 0.1) is 0 Å². The summed E-state index contributed by atoms with van der Waals surface area (Å²) in [6.07, 6.45) is 23.4. The van der Waals surface area contributed by atoms with E-state index in [0.29, 0.717) is 12.0 Å². The molecule has 20 nitrogen and oxygen atoms in total. The van der Waals surface area contributed by atoms with Crippen molar-refractivity contribution in [1.29, 1.82) is 0 Å². The highest BCUT2D eigenvalue weighted by molar-refractivity contribution is 5.97. The van der Waals surface area contributed by atoms with Gasteiger partial charge in [0, 0.05) is 78.3 Å². The number of nitrogens with zero attached hydrogens (tertiary/aromatic N) is 12. The second-order valence-electron chi connectivity index (χ2n) is 24.3. The summed E-state index contributed by atoms with van der Waals surface area (Å²) in [5.74, 6) is -0.561. The molecule has 4 N–H and O–H groups in total. The van der Waals surface area contributed by atoms with Crippen LogP contribution in [0.5, 0.6) is 0 Å². The number of H-pyrrole nitrogens is 2. The van der Waals surface area contributed by atoms with Crippen molar-refractivity contribution in [2.24, 2.45) is 14.1 Å². The standard InChI is InChI=1S/C29H31N7O.C25H28N6O2.C8H12N2O2/c1-29(2,3)36-16-22(14-33-36)26(37)11-19-7-5-6-18-10-20(8-9-23(18)19)27-24-12-25(21-13-32-35(4)15-21)34-28(24)31-17-30-27;1-25(2,3)33-24(32)30-20-7-5-6-15-10-16(8-9-18(15)20)22-19-11-21(17-12-28-31(4)13-17)29-23(19)27-14-26-22;1-8(2,3)10-5-6(4-9-10)7(11)12/h8-10,12-17,19H,5-7,11H2,1-4H3,(H,30,31,34);8-14,20H,5-7H2,1-4H3,(H,30,32)(H,26,27,29);4-5H,1-3H3,(H,11,12). The van der Waals surface area contributed by atoms with Crippen LogP contribution in [-0.4, -0.2) is 97.6 Å². The van der Waals surface area contributed by atoms with E-state index in [1.54, 1.807) is 32.9 Å². The van der Waals surface area contributed by atoms with Gasteiger partial charge in [-0.25, -0.2) is 29.5 Å². The number of carbonyl (C=O) groups excluding carboxylic acids is 2. The van der Waals surface area contributed by atoms with Crippen LogP contribution in [0.4, 0.5) is 4.79 Å². The van der Waals surface area contributed by atoms with Crippen molar-refractivity contribution in [3.8, 4) is 45.0 Å². The third-order valence-corrected chi connectivity index (χ3v) is 14.7. The van der Waals surface area contributed by atoms with Crippen molar-refractivity contribution in [2.75, 3.05) is 0 Å². The van der Waals surface area contributed by atoms with Gasteiger partial charge in [-0.05, 0) is 153 Å². The number of aromatic carboxylic acids is 1. The minimum absolute atomic E-state index is 0.0486. The van der Waals surface area contributed by atoms with Gasteiger partial charge in [-0.2, -0.15) is 20.4 Å². The minimum atomic E-state index is -0.939. The number of aromatic amines is 2. The quantitative estimate of drug-likeness (QED) is 0.0983. The number of ether oxygens (including phenoxy) is 1. The molecule has 8 aromatic heterocycles. The summed E-state index contributed by atoms with van der Waals surface area (Å²) in [6, 6.07) is 17.1. The van der Waals surface area contributed by atoms with E-state index in [0.717, 1.165) is 111 Å². The van der Waals surface area contributed by atoms with E-state index in [-0.39, 0.29) is 40.5 Å². The summed E-state index contributed by atoms with van der Waals surface area (Å²) in [6.45, 7) is 17.8. The highest BCUT2D eigenvalue weighted by Crippen LogP contribution is 2.39. The number of amides is 1. The highest BCUT2D eigenvalue weighted by Gasteiger charge is 2.28. The maximum atomic E-state index is 13.1. The maximum absolute atomic E-state index is 13.1. The lowest BCUT2D eigenvalue weighted by atomic mass is 9.79. The lowest BCUT2D eigenvalue weighted by molar-refractivity contribution is 0.0498. The number of benzene rings is 2. The van der Waals surface area contributed by atoms with Crippen molar-refractivity contribution in [3.05, 3.63) is 144 Å². The van der Waals surface area contributed by atoms with Crippen LogP contribution in [0.1, 0.15) is 149 Å². The second kappa shape index (κ2) is 22.5. The summed E-state index contributed by atoms with van der Waals surface area (Å²) >= 11 is 0. The van der Waals surface area contributed by atoms with Gasteiger partial charge in [0.2, 0.25) is 0 Å². The molecule has 0 radical (unpaired) electrons. The van der Waals surface area contributed by atoms with E-state index in [4.69, 9.17) is 9.84 Å². The topological polar surface area (TPSA) is 247 Å². The zero-order valence-electron chi connectivity index (χ0n) is 48.4. The first kappa shape index (κ1) is 56.2. The lowest BCUT2D eigenvalue weighted by Gasteiger charge is -2.28. The Bertz CT molecular complexity index is 3960. The first-order valence-electron chi connectivity index (χ1n) is 27.7. The van der Waals surface area contributed by atoms with E-state index in [1.165, 1.54) is 29.1 Å². The average Bonchev–Trinajstić information content (AvgIpc) is 4.45. The number of aromatic nitrogens is 14. The number of alkyl carbamates (subject to hydrolysis) is 1. The lowest BCUT2D eigenvalue weighted by Crippen LogP contribution is -2.36. The molecule has 424 valence electrons. The normalized spacial score (nSPS) is 15.2. The van der Waals surface area contributed by atoms with Gasteiger partial charge in [0.25, 0.3) is 0 Å². The molecule has 1 amide bonds. The summed E-state index contributed by atoms with van der Waals surface area (Å²) in [5.41, 5.74) is 14.5. The zero-order chi connectivity index (χ0) is 58.3. The summed E-state index contributed by atoms with van der Waals surface area (Å²) in [7, 11) is 3.81. The number of carboxylic acid groups (broad SMARTS) is 1. The third-order valence-electron chi connectivity index (χ3n) is 14.7. The number of hydrogen-bond donors (Lipinski definition) is 4. The Kier molecular flexibility index (Phi) is 15.4. The summed E-state index contributed by atoms with van der Waals surface area (Å²) < 4.78 is 12.5. The van der Waals surface area contributed by atoms with Gasteiger partial charge in [-0.1, -0.05) is 24.3 Å². The van der Waals surface area contributed by atoms with Gasteiger partial charge in [-0.15, -0.1) is 0 Å². The molecular weight excluding hydrogens is 1030 g/mol. The van der Waals surface area contributed by atoms with Gasteiger partial charge < -0.3 is 25.1 Å². The number of carbonyl (C=O) groups is 3. The molecule has 0 bridgehead atoms. The molecule has 2 aliphatic carbocycles. The molecule has 2 unspecified atom stereocenters. The summed E-state index contributed by atoms with van der Waals surface area (Å²) in [5, 5.41) is 30.5. The van der Waals surface area contributed by atoms with Crippen molar-refractivity contribution < 1.29 is 24.2 Å². The second-order valence-corrected chi connectivity index (χ2v) is 24.3. The van der Waals surface area contributed by atoms with E-state index < -0.39 is 11.6 Å². The minimum Gasteiger partial charge on any atom is -0.478 e. The first-order valence-corrected chi connectivity index (χ1v) is 27.7. The fourth-order valence-electron chi connectivity index (χ4n) is 10.6. The molecule has 10 aromatic rings. The zero-order valence-corrected chi connectivity index (χ0v) is 48.4. The van der Waals surface area contributed by atoms with Crippen LogP contribution in [0.3, 0.4) is 0 Å². The number of rotatable bonds is 9. The number of ketones is 1. The number of hydrogen-bond acceptors (Lipinski definition) is 12. The molecular formula is C62H71N15O5. The number of nitrogens with one attached hydrogen (secondary N) is 3. The van der Waals surface area contributed by atoms with Crippen LogP contribution in [0.2, 0.25) is 0 Å². The molecule has 20 heteroatoms. The van der Waals surface area contributed by atoms with Gasteiger partial charge >= 0.3 is 12.1 Å². The van der Waals surface area contributed by atoms with Crippen LogP contribution in [0.15, 0.2) is 111 Å². The molecule has 82 heavy (non-hydrogen) atoms. The molecule has 0 fully saturated rings. The van der Waals surface area contributed by atoms with Crippen molar-refractivity contribution in [1.82, 2.24) is 74.3 Å². The number of fused-ring (bicyclic) bond motifs is 4. The Morgan fingerprint density at radius 2 is 1.11 bits per heavy atom. The van der Waals surface area contributed by atoms with Crippen molar-refractivity contribution in [2.45, 2.75) is 136 Å². The van der Waals surface area contributed by atoms with Crippen LogP contribution in [0.25, 0.3) is 67.1 Å². The molecule has 2 atom stereocenters. The predicted octanol–water partition coefficient (Wildman–Crippen LogP) is 11.9. The fourth-order valence-corrected chi connectivity index (χ4v) is 10.6. The maximum Gasteiger partial charge on any atom is 0.408 e. The monoisotopic (exact) mass is 1110 g/mol. The molecule has 2 aliphatic rings. The third kappa shape index (κ3) is 12.6. The van der Waals surface area contributed by atoms with Gasteiger partial charge in [-0.3, -0.25) is 23.5 Å². The molecule has 12 rings (SSSR count). The average molecular weight is 1110 g/mol. The number of carboxylic acids is 1. The first-order chi connectivity index (χ1) is 38.9. The number of aryl methyl sites for hydroxylation is 4. The Morgan fingerprint density at radius 3 is 1.59 bits per heavy atom. The van der Waals surface area contributed by atoms with Gasteiger partial charge in [0.05, 0.1) is 75.8 Å². The largest absolute Gasteiger partial charge is 0.478 e. The van der Waals surface area contributed by atoms with Crippen molar-refractivity contribution in [3.63, 3.8) is 0 Å². The summed E-state index contributed by atoms with van der Waals surface area (Å²) in [4.78, 5) is 60.9. The van der Waals surface area contributed by atoms with E-state index in [1.807, 2.05) is 91.3 Å².